The first kappa shape index (κ1) is 16.5. The molecule has 6 nitrogen and oxygen atoms in total. The molecule has 1 aliphatic carbocycles. The first-order chi connectivity index (χ1) is 11.6. The van der Waals surface area contributed by atoms with Gasteiger partial charge in [-0.05, 0) is 24.6 Å². The van der Waals surface area contributed by atoms with E-state index in [2.05, 4.69) is 4.98 Å². The summed E-state index contributed by atoms with van der Waals surface area (Å²) in [6.07, 6.45) is 0. The predicted octanol–water partition coefficient (Wildman–Crippen LogP) is 3.50. The fourth-order valence-corrected chi connectivity index (χ4v) is 2.72. The summed E-state index contributed by atoms with van der Waals surface area (Å²) >= 11 is 6.09. The molecule has 0 N–H and O–H groups in total. The Morgan fingerprint density at radius 1 is 1.21 bits per heavy atom. The van der Waals surface area contributed by atoms with Crippen molar-refractivity contribution in [3.63, 3.8) is 0 Å². The number of ether oxygens (including phenoxy) is 3. The minimum absolute atomic E-state index is 0.00333. The van der Waals surface area contributed by atoms with Crippen LogP contribution in [0.4, 0.5) is 0 Å². The monoisotopic (exact) mass is 349 g/mol. The molecule has 0 bridgehead atoms. The topological polar surface area (TPSA) is 70.8 Å². The summed E-state index contributed by atoms with van der Waals surface area (Å²) in [5.41, 5.74) is 1.92. The van der Waals surface area contributed by atoms with Crippen LogP contribution in [0.1, 0.15) is 12.5 Å². The molecule has 1 heterocycles. The molecule has 7 heteroatoms. The highest BCUT2D eigenvalue weighted by Crippen LogP contribution is 2.41. The molecular formula is C17H16ClNO5. The summed E-state index contributed by atoms with van der Waals surface area (Å²) in [7, 11) is 2.80. The Morgan fingerprint density at radius 3 is 2.62 bits per heavy atom. The van der Waals surface area contributed by atoms with Crippen LogP contribution in [-0.4, -0.2) is 25.8 Å². The molecule has 0 saturated carbocycles. The van der Waals surface area contributed by atoms with Crippen molar-refractivity contribution in [2.45, 2.75) is 13.5 Å². The van der Waals surface area contributed by atoms with Crippen LogP contribution in [0, 0.1) is 0 Å². The van der Waals surface area contributed by atoms with Crippen molar-refractivity contribution in [3.8, 4) is 23.0 Å². The summed E-state index contributed by atoms with van der Waals surface area (Å²) in [6, 6.07) is 5.52. The van der Waals surface area contributed by atoms with Gasteiger partial charge in [-0.3, -0.25) is 4.79 Å². The summed E-state index contributed by atoms with van der Waals surface area (Å²) in [4.78, 5) is 16.8. The maximum atomic E-state index is 12.3. The van der Waals surface area contributed by atoms with Crippen LogP contribution >= 0.6 is 11.6 Å². The number of hydrogen-bond donors (Lipinski definition) is 0. The van der Waals surface area contributed by atoms with Gasteiger partial charge in [0, 0.05) is 6.61 Å². The van der Waals surface area contributed by atoms with E-state index < -0.39 is 5.43 Å². The Kier molecular flexibility index (Phi) is 4.59. The second kappa shape index (κ2) is 6.67. The number of nitrogens with zero attached hydrogens (tertiary/aromatic N) is 1. The van der Waals surface area contributed by atoms with E-state index in [4.69, 9.17) is 30.2 Å². The number of aromatic nitrogens is 1. The Labute approximate surface area is 143 Å². The van der Waals surface area contributed by atoms with E-state index in [0.29, 0.717) is 30.0 Å². The molecule has 126 valence electrons. The van der Waals surface area contributed by atoms with Crippen LogP contribution in [0.15, 0.2) is 27.4 Å². The zero-order valence-electron chi connectivity index (χ0n) is 13.5. The number of fused-ring (bicyclic) bond motifs is 2. The molecular weight excluding hydrogens is 334 g/mol. The van der Waals surface area contributed by atoms with Crippen molar-refractivity contribution < 1.29 is 18.6 Å². The van der Waals surface area contributed by atoms with Crippen molar-refractivity contribution in [3.05, 3.63) is 39.0 Å². The summed E-state index contributed by atoms with van der Waals surface area (Å²) in [5.74, 6) is 0.371. The van der Waals surface area contributed by atoms with Crippen LogP contribution in [0.5, 0.6) is 11.5 Å². The normalized spacial score (nSPS) is 11.2. The molecule has 0 fully saturated rings. The Bertz CT molecular complexity index is 921. The molecule has 3 rings (SSSR count). The van der Waals surface area contributed by atoms with E-state index in [0.717, 1.165) is 5.56 Å². The van der Waals surface area contributed by atoms with E-state index >= 15 is 0 Å². The van der Waals surface area contributed by atoms with Gasteiger partial charge in [0.15, 0.2) is 17.0 Å². The maximum Gasteiger partial charge on any atom is 0.246 e. The summed E-state index contributed by atoms with van der Waals surface area (Å²) < 4.78 is 21.7. The van der Waals surface area contributed by atoms with Crippen LogP contribution in [-0.2, 0) is 11.3 Å². The average Bonchev–Trinajstić information content (AvgIpc) is 2.60. The average molecular weight is 350 g/mol. The number of benzene rings is 2. The second-order valence-electron chi connectivity index (χ2n) is 5.04. The molecule has 0 saturated heterocycles. The number of halogens is 1. The molecule has 1 aliphatic heterocycles. The zero-order valence-corrected chi connectivity index (χ0v) is 14.3. The van der Waals surface area contributed by atoms with Crippen LogP contribution < -0.4 is 14.9 Å². The fourth-order valence-electron chi connectivity index (χ4n) is 2.47. The van der Waals surface area contributed by atoms with Crippen molar-refractivity contribution in [2.24, 2.45) is 0 Å². The van der Waals surface area contributed by atoms with E-state index in [1.807, 2.05) is 19.1 Å². The van der Waals surface area contributed by atoms with Crippen LogP contribution in [0.2, 0.25) is 5.02 Å². The lowest BCUT2D eigenvalue weighted by molar-refractivity contribution is 0.134. The van der Waals surface area contributed by atoms with Gasteiger partial charge >= 0.3 is 0 Å². The zero-order chi connectivity index (χ0) is 17.3. The molecule has 1 aromatic carbocycles. The van der Waals surface area contributed by atoms with Gasteiger partial charge in [-0.1, -0.05) is 17.7 Å². The minimum Gasteiger partial charge on any atom is -0.493 e. The van der Waals surface area contributed by atoms with E-state index in [9.17, 15) is 4.79 Å². The molecule has 0 radical (unpaired) electrons. The number of hydrogen-bond acceptors (Lipinski definition) is 6. The molecule has 0 spiro atoms. The SMILES string of the molecule is CCOCc1ccc2oc3c(OC)c(=O)c(Cl)c(OC)c-3nc2c1. The van der Waals surface area contributed by atoms with Gasteiger partial charge in [-0.2, -0.15) is 0 Å². The third-order valence-corrected chi connectivity index (χ3v) is 3.93. The quantitative estimate of drug-likeness (QED) is 0.656. The molecule has 2 aliphatic rings. The van der Waals surface area contributed by atoms with Gasteiger partial charge in [0.25, 0.3) is 0 Å². The Balaban J connectivity index is 2.31. The highest BCUT2D eigenvalue weighted by atomic mass is 35.5. The van der Waals surface area contributed by atoms with Gasteiger partial charge in [0.2, 0.25) is 16.9 Å². The van der Waals surface area contributed by atoms with Gasteiger partial charge < -0.3 is 18.6 Å². The number of rotatable bonds is 5. The smallest absolute Gasteiger partial charge is 0.246 e. The summed E-state index contributed by atoms with van der Waals surface area (Å²) in [5, 5.41) is -0.0885. The fraction of sp³-hybridized carbons (Fsp3) is 0.294. The largest absolute Gasteiger partial charge is 0.493 e. The van der Waals surface area contributed by atoms with E-state index in [1.54, 1.807) is 6.07 Å². The molecule has 0 aromatic heterocycles. The lowest BCUT2D eigenvalue weighted by atomic mass is 10.1. The third-order valence-electron chi connectivity index (χ3n) is 3.59. The van der Waals surface area contributed by atoms with Gasteiger partial charge in [-0.25, -0.2) is 4.98 Å². The van der Waals surface area contributed by atoms with Crippen LogP contribution in [0.3, 0.4) is 0 Å². The predicted molar refractivity (Wildman–Crippen MR) is 90.3 cm³/mol. The Morgan fingerprint density at radius 2 is 1.96 bits per heavy atom. The first-order valence-electron chi connectivity index (χ1n) is 7.35. The van der Waals surface area contributed by atoms with E-state index in [-0.39, 0.29) is 22.3 Å². The Hall–Kier alpha value is -2.31. The minimum atomic E-state index is -0.499. The lowest BCUT2D eigenvalue weighted by Crippen LogP contribution is -2.11. The number of methoxy groups -OCH3 is 2. The van der Waals surface area contributed by atoms with Crippen molar-refractivity contribution in [1.29, 1.82) is 0 Å². The highest BCUT2D eigenvalue weighted by Gasteiger charge is 2.27. The summed E-state index contributed by atoms with van der Waals surface area (Å²) in [6.45, 7) is 3.04. The molecule has 0 amide bonds. The second-order valence-corrected chi connectivity index (χ2v) is 5.42. The molecule has 24 heavy (non-hydrogen) atoms. The molecule has 1 aromatic rings. The first-order valence-corrected chi connectivity index (χ1v) is 7.73. The van der Waals surface area contributed by atoms with Gasteiger partial charge in [0.05, 0.1) is 20.8 Å². The van der Waals surface area contributed by atoms with E-state index in [1.165, 1.54) is 14.2 Å². The van der Waals surface area contributed by atoms with Crippen LogP contribution in [0.25, 0.3) is 22.6 Å². The van der Waals surface area contributed by atoms with Crippen molar-refractivity contribution in [2.75, 3.05) is 20.8 Å². The standard InChI is InChI=1S/C17H16ClNO5/c1-4-23-8-9-5-6-11-10(7-9)19-13-15(21-2)12(18)14(20)17(22-3)16(13)24-11/h5-7H,4,8H2,1-3H3. The highest BCUT2D eigenvalue weighted by molar-refractivity contribution is 6.32. The third kappa shape index (κ3) is 2.68. The molecule has 0 atom stereocenters. The van der Waals surface area contributed by atoms with Crippen molar-refractivity contribution >= 4 is 22.7 Å². The lowest BCUT2D eigenvalue weighted by Gasteiger charge is -2.15. The van der Waals surface area contributed by atoms with Gasteiger partial charge in [0.1, 0.15) is 10.5 Å². The molecule has 0 unspecified atom stereocenters. The maximum absolute atomic E-state index is 12.3. The van der Waals surface area contributed by atoms with Gasteiger partial charge in [-0.15, -0.1) is 0 Å². The van der Waals surface area contributed by atoms with Crippen molar-refractivity contribution in [1.82, 2.24) is 4.98 Å².